The van der Waals surface area contributed by atoms with Crippen molar-refractivity contribution in [3.8, 4) is 11.8 Å². The van der Waals surface area contributed by atoms with Crippen LogP contribution in [0.5, 0.6) is 5.75 Å². The predicted molar refractivity (Wildman–Crippen MR) is 78.6 cm³/mol. The van der Waals surface area contributed by atoms with Gasteiger partial charge in [0.1, 0.15) is 5.75 Å². The average Bonchev–Trinajstić information content (AvgIpc) is 2.40. The quantitative estimate of drug-likeness (QED) is 0.789. The number of rotatable bonds is 6. The maximum absolute atomic E-state index is 8.59. The lowest BCUT2D eigenvalue weighted by Gasteiger charge is -2.19. The second kappa shape index (κ2) is 7.16. The summed E-state index contributed by atoms with van der Waals surface area (Å²) in [5, 5.41) is 8.59. The van der Waals surface area contributed by atoms with Crippen molar-refractivity contribution >= 4 is 0 Å². The number of hydrogen-bond acceptors (Lipinski definition) is 3. The Labute approximate surface area is 116 Å². The van der Waals surface area contributed by atoms with Crippen LogP contribution < -0.4 is 4.74 Å². The van der Waals surface area contributed by atoms with Gasteiger partial charge in [0.2, 0.25) is 0 Å². The van der Waals surface area contributed by atoms with Crippen LogP contribution in [-0.2, 0) is 6.42 Å². The maximum Gasteiger partial charge on any atom is 0.122 e. The summed E-state index contributed by atoms with van der Waals surface area (Å²) in [6, 6.07) is 4.30. The largest absolute Gasteiger partial charge is 0.496 e. The summed E-state index contributed by atoms with van der Waals surface area (Å²) >= 11 is 0. The van der Waals surface area contributed by atoms with Gasteiger partial charge in [0.25, 0.3) is 0 Å². The molecule has 1 rings (SSSR count). The Kier molecular flexibility index (Phi) is 5.85. The predicted octanol–water partition coefficient (Wildman–Crippen LogP) is 3.01. The molecule has 0 aliphatic rings. The number of hydrogen-bond donors (Lipinski definition) is 0. The summed E-state index contributed by atoms with van der Waals surface area (Å²) in [7, 11) is 3.79. The van der Waals surface area contributed by atoms with Crippen LogP contribution in [0, 0.1) is 32.1 Å². The number of benzene rings is 1. The van der Waals surface area contributed by atoms with Crippen molar-refractivity contribution in [3.63, 3.8) is 0 Å². The molecule has 3 nitrogen and oxygen atoms in total. The maximum atomic E-state index is 8.59. The highest BCUT2D eigenvalue weighted by Crippen LogP contribution is 2.27. The zero-order valence-electron chi connectivity index (χ0n) is 12.7. The first-order valence-electron chi connectivity index (χ1n) is 6.70. The minimum absolute atomic E-state index is 0.593. The molecule has 0 aromatic heterocycles. The monoisotopic (exact) mass is 260 g/mol. The molecule has 3 heteroatoms. The topological polar surface area (TPSA) is 36.3 Å². The molecule has 0 bridgehead atoms. The third-order valence-corrected chi connectivity index (χ3v) is 3.78. The van der Waals surface area contributed by atoms with Crippen LogP contribution in [0.25, 0.3) is 0 Å². The molecule has 0 spiro atoms. The fourth-order valence-corrected chi connectivity index (χ4v) is 2.35. The first-order valence-corrected chi connectivity index (χ1v) is 6.70. The molecule has 104 valence electrons. The van der Waals surface area contributed by atoms with Crippen LogP contribution in [-0.4, -0.2) is 32.1 Å². The lowest BCUT2D eigenvalue weighted by Crippen LogP contribution is -2.22. The van der Waals surface area contributed by atoms with Crippen LogP contribution in [0.2, 0.25) is 0 Å². The van der Waals surface area contributed by atoms with Gasteiger partial charge in [-0.3, -0.25) is 0 Å². The van der Waals surface area contributed by atoms with Crippen LogP contribution in [0.15, 0.2) is 6.07 Å². The fourth-order valence-electron chi connectivity index (χ4n) is 2.35. The second-order valence-electron chi connectivity index (χ2n) is 5.09. The summed E-state index contributed by atoms with van der Waals surface area (Å²) in [4.78, 5) is 2.21. The van der Waals surface area contributed by atoms with E-state index in [1.165, 1.54) is 22.3 Å². The molecular weight excluding hydrogens is 236 g/mol. The van der Waals surface area contributed by atoms with E-state index in [0.29, 0.717) is 6.42 Å². The van der Waals surface area contributed by atoms with Crippen molar-refractivity contribution in [2.24, 2.45) is 0 Å². The van der Waals surface area contributed by atoms with Crippen LogP contribution in [0.4, 0.5) is 0 Å². The molecule has 0 saturated heterocycles. The Bertz CT molecular complexity index is 475. The van der Waals surface area contributed by atoms with Gasteiger partial charge in [-0.2, -0.15) is 5.26 Å². The van der Waals surface area contributed by atoms with Gasteiger partial charge in [-0.1, -0.05) is 0 Å². The smallest absolute Gasteiger partial charge is 0.122 e. The van der Waals surface area contributed by atoms with Gasteiger partial charge < -0.3 is 9.64 Å². The highest BCUT2D eigenvalue weighted by Gasteiger charge is 2.11. The summed E-state index contributed by atoms with van der Waals surface area (Å²) in [5.74, 6) is 0.969. The van der Waals surface area contributed by atoms with Gasteiger partial charge in [-0.15, -0.1) is 0 Å². The molecule has 0 amide bonds. The Hall–Kier alpha value is -1.53. The normalized spacial score (nSPS) is 10.6. The van der Waals surface area contributed by atoms with Crippen molar-refractivity contribution in [1.82, 2.24) is 4.90 Å². The van der Waals surface area contributed by atoms with E-state index in [-0.39, 0.29) is 0 Å². The van der Waals surface area contributed by atoms with E-state index < -0.39 is 0 Å². The highest BCUT2D eigenvalue weighted by molar-refractivity contribution is 5.48. The summed E-state index contributed by atoms with van der Waals surface area (Å²) in [6.45, 7) is 8.23. The van der Waals surface area contributed by atoms with Gasteiger partial charge in [-0.05, 0) is 62.6 Å². The molecule has 1 aromatic rings. The standard InChI is InChI=1S/C16H24N2O/c1-12-11-16(19-5)14(3)13(2)15(12)7-10-18(4)9-6-8-17/h11H,6-7,9-10H2,1-5H3. The lowest BCUT2D eigenvalue weighted by molar-refractivity contribution is 0.346. The number of likely N-dealkylation sites (N-methyl/N-ethyl adjacent to an activating group) is 1. The molecule has 0 fully saturated rings. The van der Waals surface area contributed by atoms with Crippen LogP contribution in [0.3, 0.4) is 0 Å². The average molecular weight is 260 g/mol. The van der Waals surface area contributed by atoms with E-state index in [0.717, 1.165) is 25.3 Å². The molecular formula is C16H24N2O. The Morgan fingerprint density at radius 2 is 1.89 bits per heavy atom. The minimum atomic E-state index is 0.593. The molecule has 0 saturated carbocycles. The first-order chi connectivity index (χ1) is 9.01. The van der Waals surface area contributed by atoms with Gasteiger partial charge >= 0.3 is 0 Å². The second-order valence-corrected chi connectivity index (χ2v) is 5.09. The molecule has 0 N–H and O–H groups in total. The number of aryl methyl sites for hydroxylation is 1. The van der Waals surface area contributed by atoms with E-state index >= 15 is 0 Å². The first kappa shape index (κ1) is 15.5. The van der Waals surface area contributed by atoms with E-state index in [9.17, 15) is 0 Å². The third-order valence-electron chi connectivity index (χ3n) is 3.78. The van der Waals surface area contributed by atoms with Crippen molar-refractivity contribution < 1.29 is 4.74 Å². The van der Waals surface area contributed by atoms with Crippen molar-refractivity contribution in [2.45, 2.75) is 33.6 Å². The van der Waals surface area contributed by atoms with Crippen molar-refractivity contribution in [2.75, 3.05) is 27.2 Å². The van der Waals surface area contributed by atoms with Crippen molar-refractivity contribution in [1.29, 1.82) is 5.26 Å². The highest BCUT2D eigenvalue weighted by atomic mass is 16.5. The molecule has 0 radical (unpaired) electrons. The van der Waals surface area contributed by atoms with Crippen LogP contribution in [0.1, 0.15) is 28.7 Å². The molecule has 0 aliphatic carbocycles. The summed E-state index contributed by atoms with van der Waals surface area (Å²) in [5.41, 5.74) is 5.24. The number of nitrogens with zero attached hydrogens (tertiary/aromatic N) is 2. The molecule has 0 atom stereocenters. The third kappa shape index (κ3) is 3.97. The summed E-state index contributed by atoms with van der Waals surface area (Å²) in [6.07, 6.45) is 1.61. The number of methoxy groups -OCH3 is 1. The Balaban J connectivity index is 2.79. The van der Waals surface area contributed by atoms with Gasteiger partial charge in [0.15, 0.2) is 0 Å². The molecule has 0 aliphatic heterocycles. The van der Waals surface area contributed by atoms with E-state index in [4.69, 9.17) is 10.00 Å². The van der Waals surface area contributed by atoms with Gasteiger partial charge in [0, 0.05) is 19.5 Å². The Morgan fingerprint density at radius 1 is 1.21 bits per heavy atom. The minimum Gasteiger partial charge on any atom is -0.496 e. The molecule has 0 heterocycles. The van der Waals surface area contributed by atoms with E-state index in [1.54, 1.807) is 7.11 Å². The zero-order valence-corrected chi connectivity index (χ0v) is 12.7. The van der Waals surface area contributed by atoms with Crippen molar-refractivity contribution in [3.05, 3.63) is 28.3 Å². The van der Waals surface area contributed by atoms with Gasteiger partial charge in [0.05, 0.1) is 13.2 Å². The van der Waals surface area contributed by atoms with Gasteiger partial charge in [-0.25, -0.2) is 0 Å². The Morgan fingerprint density at radius 3 is 2.47 bits per heavy atom. The number of ether oxygens (including phenoxy) is 1. The lowest BCUT2D eigenvalue weighted by atomic mass is 9.95. The molecule has 19 heavy (non-hydrogen) atoms. The number of nitriles is 1. The zero-order chi connectivity index (χ0) is 14.4. The SMILES string of the molecule is COc1cc(C)c(CCN(C)CCC#N)c(C)c1C. The van der Waals surface area contributed by atoms with E-state index in [2.05, 4.69) is 44.9 Å². The molecule has 1 aromatic carbocycles. The molecule has 0 unspecified atom stereocenters. The summed E-state index contributed by atoms with van der Waals surface area (Å²) < 4.78 is 5.39. The van der Waals surface area contributed by atoms with Crippen LogP contribution >= 0.6 is 0 Å². The fraction of sp³-hybridized carbons (Fsp3) is 0.562. The van der Waals surface area contributed by atoms with E-state index in [1.807, 2.05) is 0 Å².